The van der Waals surface area contributed by atoms with Crippen molar-refractivity contribution in [2.24, 2.45) is 0 Å². The van der Waals surface area contributed by atoms with Gasteiger partial charge in [0.05, 0.1) is 11.7 Å². The predicted octanol–water partition coefficient (Wildman–Crippen LogP) is 3.06. The van der Waals surface area contributed by atoms with Crippen LogP contribution in [0.15, 0.2) is 18.3 Å². The third-order valence-electron chi connectivity index (χ3n) is 2.37. The third-order valence-corrected chi connectivity index (χ3v) is 2.37. The molecule has 0 radical (unpaired) electrons. The fourth-order valence-corrected chi connectivity index (χ4v) is 1.59. The van der Waals surface area contributed by atoms with Crippen LogP contribution in [0.2, 0.25) is 0 Å². The molecule has 0 unspecified atom stereocenters. The van der Waals surface area contributed by atoms with E-state index < -0.39 is 0 Å². The number of halogens is 1. The Morgan fingerprint density at radius 1 is 1.36 bits per heavy atom. The first-order valence-corrected chi connectivity index (χ1v) is 4.73. The molecule has 0 saturated carbocycles. The number of fused-ring (bicyclic) bond motifs is 1. The van der Waals surface area contributed by atoms with Crippen LogP contribution >= 0.6 is 0 Å². The monoisotopic (exact) mass is 192 g/mol. The highest BCUT2D eigenvalue weighted by Gasteiger charge is 2.08. The number of nitrogens with zero attached hydrogens (tertiary/aromatic N) is 2. The lowest BCUT2D eigenvalue weighted by Crippen LogP contribution is -2.02. The van der Waals surface area contributed by atoms with Crippen LogP contribution in [0, 0.1) is 12.7 Å². The van der Waals surface area contributed by atoms with Gasteiger partial charge in [0.25, 0.3) is 0 Å². The van der Waals surface area contributed by atoms with Gasteiger partial charge in [-0.25, -0.2) is 4.39 Å². The molecule has 0 fully saturated rings. The molecule has 74 valence electrons. The van der Waals surface area contributed by atoms with Crippen LogP contribution in [0.3, 0.4) is 0 Å². The molecule has 0 amide bonds. The van der Waals surface area contributed by atoms with Gasteiger partial charge in [-0.15, -0.1) is 0 Å². The van der Waals surface area contributed by atoms with Gasteiger partial charge in [0.15, 0.2) is 0 Å². The Morgan fingerprint density at radius 2 is 2.07 bits per heavy atom. The lowest BCUT2D eigenvalue weighted by Gasteiger charge is -2.07. The van der Waals surface area contributed by atoms with Crippen molar-refractivity contribution in [1.82, 2.24) is 9.78 Å². The minimum Gasteiger partial charge on any atom is -0.262 e. The fourth-order valence-electron chi connectivity index (χ4n) is 1.59. The second-order valence-electron chi connectivity index (χ2n) is 3.84. The molecule has 0 spiro atoms. The zero-order valence-corrected chi connectivity index (χ0v) is 8.58. The highest BCUT2D eigenvalue weighted by Crippen LogP contribution is 2.20. The highest BCUT2D eigenvalue weighted by atomic mass is 19.1. The van der Waals surface area contributed by atoms with Crippen LogP contribution < -0.4 is 0 Å². The van der Waals surface area contributed by atoms with E-state index in [9.17, 15) is 4.39 Å². The highest BCUT2D eigenvalue weighted by molar-refractivity contribution is 5.79. The van der Waals surface area contributed by atoms with Crippen LogP contribution in [-0.4, -0.2) is 9.78 Å². The molecule has 14 heavy (non-hydrogen) atoms. The van der Waals surface area contributed by atoms with Crippen molar-refractivity contribution in [2.45, 2.75) is 26.8 Å². The Kier molecular flexibility index (Phi) is 2.02. The molecule has 0 aliphatic heterocycles. The van der Waals surface area contributed by atoms with Crippen LogP contribution in [0.25, 0.3) is 10.9 Å². The molecule has 0 aliphatic rings. The number of benzene rings is 1. The van der Waals surface area contributed by atoms with E-state index in [-0.39, 0.29) is 11.9 Å². The van der Waals surface area contributed by atoms with Crippen molar-refractivity contribution < 1.29 is 4.39 Å². The molecular formula is C11H13FN2. The Morgan fingerprint density at radius 3 is 2.71 bits per heavy atom. The van der Waals surface area contributed by atoms with Gasteiger partial charge in [-0.3, -0.25) is 4.68 Å². The molecule has 2 aromatic rings. The van der Waals surface area contributed by atoms with Crippen LogP contribution in [0.4, 0.5) is 4.39 Å². The summed E-state index contributed by atoms with van der Waals surface area (Å²) in [5.74, 6) is -0.167. The number of hydrogen-bond acceptors (Lipinski definition) is 1. The molecule has 2 nitrogen and oxygen atoms in total. The van der Waals surface area contributed by atoms with Crippen molar-refractivity contribution >= 4 is 10.9 Å². The lowest BCUT2D eigenvalue weighted by molar-refractivity contribution is 0.548. The SMILES string of the molecule is Cc1cc2cnn(C(C)C)c2cc1F. The van der Waals surface area contributed by atoms with Crippen LogP contribution in [-0.2, 0) is 0 Å². The largest absolute Gasteiger partial charge is 0.262 e. The van der Waals surface area contributed by atoms with E-state index in [1.54, 1.807) is 19.2 Å². The Labute approximate surface area is 82.3 Å². The maximum atomic E-state index is 13.3. The van der Waals surface area contributed by atoms with Crippen molar-refractivity contribution in [3.8, 4) is 0 Å². The van der Waals surface area contributed by atoms with Crippen molar-refractivity contribution in [2.75, 3.05) is 0 Å². The second-order valence-corrected chi connectivity index (χ2v) is 3.84. The topological polar surface area (TPSA) is 17.8 Å². The van der Waals surface area contributed by atoms with Crippen LogP contribution in [0.1, 0.15) is 25.5 Å². The molecule has 0 atom stereocenters. The molecule has 0 saturated heterocycles. The van der Waals surface area contributed by atoms with E-state index in [2.05, 4.69) is 5.10 Å². The molecule has 1 aromatic carbocycles. The molecule has 1 heterocycles. The van der Waals surface area contributed by atoms with Gasteiger partial charge < -0.3 is 0 Å². The molecule has 0 aliphatic carbocycles. The normalized spacial score (nSPS) is 11.5. The van der Waals surface area contributed by atoms with E-state index in [0.29, 0.717) is 5.56 Å². The molecule has 2 rings (SSSR count). The van der Waals surface area contributed by atoms with Gasteiger partial charge in [0, 0.05) is 17.5 Å². The molecule has 1 aromatic heterocycles. The summed E-state index contributed by atoms with van der Waals surface area (Å²) in [6.07, 6.45) is 1.78. The number of rotatable bonds is 1. The first-order chi connectivity index (χ1) is 6.59. The van der Waals surface area contributed by atoms with Gasteiger partial charge in [-0.05, 0) is 32.4 Å². The molecule has 3 heteroatoms. The fraction of sp³-hybridized carbons (Fsp3) is 0.364. The predicted molar refractivity (Wildman–Crippen MR) is 54.8 cm³/mol. The molecule has 0 bridgehead atoms. The zero-order chi connectivity index (χ0) is 10.3. The molecular weight excluding hydrogens is 179 g/mol. The van der Waals surface area contributed by atoms with Crippen molar-refractivity contribution in [3.05, 3.63) is 29.7 Å². The second kappa shape index (κ2) is 3.08. The van der Waals surface area contributed by atoms with Gasteiger partial charge >= 0.3 is 0 Å². The summed E-state index contributed by atoms with van der Waals surface area (Å²) in [5, 5.41) is 5.22. The smallest absolute Gasteiger partial charge is 0.128 e. The Balaban J connectivity index is 2.74. The summed E-state index contributed by atoms with van der Waals surface area (Å²) in [5.41, 5.74) is 1.53. The van der Waals surface area contributed by atoms with E-state index in [1.807, 2.05) is 24.6 Å². The number of aromatic nitrogens is 2. The Bertz CT molecular complexity index is 471. The van der Waals surface area contributed by atoms with Gasteiger partial charge in [0.2, 0.25) is 0 Å². The van der Waals surface area contributed by atoms with Gasteiger partial charge in [-0.1, -0.05) is 0 Å². The summed E-state index contributed by atoms with van der Waals surface area (Å²) in [4.78, 5) is 0. The van der Waals surface area contributed by atoms with Crippen molar-refractivity contribution in [3.63, 3.8) is 0 Å². The molecule has 0 N–H and O–H groups in total. The average Bonchev–Trinajstić information content (AvgIpc) is 2.48. The summed E-state index contributed by atoms with van der Waals surface area (Å²) < 4.78 is 15.2. The zero-order valence-electron chi connectivity index (χ0n) is 8.58. The maximum Gasteiger partial charge on any atom is 0.128 e. The minimum atomic E-state index is -0.167. The van der Waals surface area contributed by atoms with Gasteiger partial charge in [0.1, 0.15) is 5.82 Å². The van der Waals surface area contributed by atoms with Gasteiger partial charge in [-0.2, -0.15) is 5.10 Å². The quantitative estimate of drug-likeness (QED) is 0.679. The number of hydrogen-bond donors (Lipinski definition) is 0. The maximum absolute atomic E-state index is 13.3. The van der Waals surface area contributed by atoms with E-state index in [1.165, 1.54) is 0 Å². The summed E-state index contributed by atoms with van der Waals surface area (Å²) in [6, 6.07) is 3.64. The summed E-state index contributed by atoms with van der Waals surface area (Å²) in [7, 11) is 0. The average molecular weight is 192 g/mol. The Hall–Kier alpha value is -1.38. The minimum absolute atomic E-state index is 0.167. The first kappa shape index (κ1) is 9.19. The third kappa shape index (κ3) is 1.29. The van der Waals surface area contributed by atoms with E-state index in [4.69, 9.17) is 0 Å². The summed E-state index contributed by atoms with van der Waals surface area (Å²) >= 11 is 0. The van der Waals surface area contributed by atoms with E-state index in [0.717, 1.165) is 10.9 Å². The van der Waals surface area contributed by atoms with Crippen molar-refractivity contribution in [1.29, 1.82) is 0 Å². The number of aryl methyl sites for hydroxylation is 1. The summed E-state index contributed by atoms with van der Waals surface area (Å²) in [6.45, 7) is 5.83. The van der Waals surface area contributed by atoms with Crippen LogP contribution in [0.5, 0.6) is 0 Å². The standard InChI is InChI=1S/C11H13FN2/c1-7(2)14-11-5-10(12)8(3)4-9(11)6-13-14/h4-7H,1-3H3. The lowest BCUT2D eigenvalue weighted by atomic mass is 10.1. The van der Waals surface area contributed by atoms with E-state index >= 15 is 0 Å². The first-order valence-electron chi connectivity index (χ1n) is 4.73.